The minimum Gasteiger partial charge on any atom is -0.493 e. The van der Waals surface area contributed by atoms with Crippen molar-refractivity contribution in [1.29, 1.82) is 0 Å². The van der Waals surface area contributed by atoms with E-state index in [-0.39, 0.29) is 24.0 Å². The predicted molar refractivity (Wildman–Crippen MR) is 119 cm³/mol. The highest BCUT2D eigenvalue weighted by molar-refractivity contribution is 6.32. The monoisotopic (exact) mass is 469 g/mol. The minimum atomic E-state index is -2.96. The number of ether oxygens (including phenoxy) is 4. The molecule has 9 heteroatoms. The third kappa shape index (κ3) is 7.02. The van der Waals surface area contributed by atoms with Crippen LogP contribution in [0.15, 0.2) is 36.4 Å². The maximum absolute atomic E-state index is 12.5. The van der Waals surface area contributed by atoms with Crippen LogP contribution in [-0.4, -0.2) is 45.3 Å². The Hall–Kier alpha value is -3.00. The molecule has 2 rings (SSSR count). The smallest absolute Gasteiger partial charge is 0.387 e. The standard InChI is InChI=1S/C23H26ClF2NO5/c1-5-10-31-22-17(24)11-15(12-20(22)30-4)7-9-21(28)27(2)14-16-6-8-18(32-23(25)26)19(13-16)29-3/h6-9,11-13,23H,5,10,14H2,1-4H3/b9-7+. The summed E-state index contributed by atoms with van der Waals surface area (Å²) in [5, 5.41) is 0.386. The highest BCUT2D eigenvalue weighted by atomic mass is 35.5. The Morgan fingerprint density at radius 3 is 2.47 bits per heavy atom. The van der Waals surface area contributed by atoms with Gasteiger partial charge in [0.05, 0.1) is 25.8 Å². The van der Waals surface area contributed by atoms with Crippen LogP contribution in [0.4, 0.5) is 8.78 Å². The van der Waals surface area contributed by atoms with Crippen LogP contribution in [0, 0.1) is 0 Å². The molecular weight excluding hydrogens is 444 g/mol. The number of rotatable bonds is 11. The molecule has 6 nitrogen and oxygen atoms in total. The molecular formula is C23H26ClF2NO5. The van der Waals surface area contributed by atoms with Crippen molar-refractivity contribution in [3.8, 4) is 23.0 Å². The number of methoxy groups -OCH3 is 2. The van der Waals surface area contributed by atoms with E-state index in [1.54, 1.807) is 37.4 Å². The molecule has 174 valence electrons. The normalized spacial score (nSPS) is 11.0. The molecule has 32 heavy (non-hydrogen) atoms. The highest BCUT2D eigenvalue weighted by Gasteiger charge is 2.14. The zero-order valence-electron chi connectivity index (χ0n) is 18.4. The number of carbonyl (C=O) groups excluding carboxylic acids is 1. The summed E-state index contributed by atoms with van der Waals surface area (Å²) < 4.78 is 45.4. The maximum atomic E-state index is 12.5. The van der Waals surface area contributed by atoms with Gasteiger partial charge in [-0.25, -0.2) is 0 Å². The molecule has 0 unspecified atom stereocenters. The van der Waals surface area contributed by atoms with Gasteiger partial charge in [0.25, 0.3) is 0 Å². The summed E-state index contributed by atoms with van der Waals surface area (Å²) in [5.41, 5.74) is 1.36. The van der Waals surface area contributed by atoms with E-state index >= 15 is 0 Å². The Kier molecular flexibility index (Phi) is 9.59. The van der Waals surface area contributed by atoms with Gasteiger partial charge in [-0.2, -0.15) is 8.78 Å². The van der Waals surface area contributed by atoms with Gasteiger partial charge in [-0.1, -0.05) is 24.6 Å². The zero-order valence-corrected chi connectivity index (χ0v) is 19.1. The molecule has 0 saturated heterocycles. The number of carbonyl (C=O) groups is 1. The quantitative estimate of drug-likeness (QED) is 0.411. The van der Waals surface area contributed by atoms with Gasteiger partial charge in [0, 0.05) is 19.7 Å². The lowest BCUT2D eigenvalue weighted by Gasteiger charge is -2.17. The van der Waals surface area contributed by atoms with Crippen molar-refractivity contribution in [1.82, 2.24) is 4.90 Å². The SMILES string of the molecule is CCCOc1c(Cl)cc(/C=C/C(=O)N(C)Cc2ccc(OC(F)F)c(OC)c2)cc1OC. The Labute approximate surface area is 191 Å². The molecule has 0 bridgehead atoms. The average Bonchev–Trinajstić information content (AvgIpc) is 2.76. The van der Waals surface area contributed by atoms with Crippen molar-refractivity contribution in [2.24, 2.45) is 0 Å². The fraction of sp³-hybridized carbons (Fsp3) is 0.348. The van der Waals surface area contributed by atoms with Crippen LogP contribution in [0.5, 0.6) is 23.0 Å². The molecule has 2 aromatic rings. The summed E-state index contributed by atoms with van der Waals surface area (Å²) in [5.74, 6) is 0.760. The van der Waals surface area contributed by atoms with E-state index in [9.17, 15) is 13.6 Å². The zero-order chi connectivity index (χ0) is 23.7. The van der Waals surface area contributed by atoms with E-state index < -0.39 is 6.61 Å². The maximum Gasteiger partial charge on any atom is 0.387 e. The fourth-order valence-electron chi connectivity index (χ4n) is 2.83. The van der Waals surface area contributed by atoms with Crippen LogP contribution in [-0.2, 0) is 11.3 Å². The van der Waals surface area contributed by atoms with Gasteiger partial charge in [-0.15, -0.1) is 0 Å². The second-order valence-corrected chi connectivity index (χ2v) is 7.18. The van der Waals surface area contributed by atoms with Crippen LogP contribution >= 0.6 is 11.6 Å². The molecule has 0 aliphatic rings. The van der Waals surface area contributed by atoms with E-state index in [4.69, 9.17) is 25.8 Å². The third-order valence-electron chi connectivity index (χ3n) is 4.36. The van der Waals surface area contributed by atoms with Crippen molar-refractivity contribution >= 4 is 23.6 Å². The van der Waals surface area contributed by atoms with Gasteiger partial charge in [-0.05, 0) is 47.9 Å². The van der Waals surface area contributed by atoms with E-state index in [2.05, 4.69) is 4.74 Å². The van der Waals surface area contributed by atoms with Crippen molar-refractivity contribution in [2.75, 3.05) is 27.9 Å². The van der Waals surface area contributed by atoms with Gasteiger partial charge < -0.3 is 23.8 Å². The summed E-state index contributed by atoms with van der Waals surface area (Å²) in [4.78, 5) is 14.0. The predicted octanol–water partition coefficient (Wildman–Crippen LogP) is 5.42. The highest BCUT2D eigenvalue weighted by Crippen LogP contribution is 2.37. The van der Waals surface area contributed by atoms with Crippen molar-refractivity contribution in [3.05, 3.63) is 52.6 Å². The summed E-state index contributed by atoms with van der Waals surface area (Å²) in [7, 11) is 4.49. The number of halogens is 3. The summed E-state index contributed by atoms with van der Waals surface area (Å²) >= 11 is 6.30. The number of likely N-dealkylation sites (N-methyl/N-ethyl adjacent to an activating group) is 1. The van der Waals surface area contributed by atoms with E-state index in [1.807, 2.05) is 6.92 Å². The van der Waals surface area contributed by atoms with Crippen LogP contribution < -0.4 is 18.9 Å². The van der Waals surface area contributed by atoms with Gasteiger partial charge in [0.2, 0.25) is 5.91 Å². The molecule has 0 spiro atoms. The number of amides is 1. The Balaban J connectivity index is 2.10. The van der Waals surface area contributed by atoms with Gasteiger partial charge in [0.1, 0.15) is 0 Å². The molecule has 1 amide bonds. The minimum absolute atomic E-state index is 0.0719. The van der Waals surface area contributed by atoms with Crippen LogP contribution in [0.3, 0.4) is 0 Å². The van der Waals surface area contributed by atoms with Crippen molar-refractivity contribution in [2.45, 2.75) is 26.5 Å². The molecule has 0 heterocycles. The topological polar surface area (TPSA) is 57.2 Å². The first-order chi connectivity index (χ1) is 15.3. The largest absolute Gasteiger partial charge is 0.493 e. The molecule has 0 fully saturated rings. The summed E-state index contributed by atoms with van der Waals surface area (Å²) in [6.45, 7) is -0.221. The number of nitrogens with zero attached hydrogens (tertiary/aromatic N) is 1. The number of hydrogen-bond acceptors (Lipinski definition) is 5. The molecule has 0 atom stereocenters. The Bertz CT molecular complexity index is 952. The van der Waals surface area contributed by atoms with E-state index in [1.165, 1.54) is 31.3 Å². The van der Waals surface area contributed by atoms with Crippen molar-refractivity contribution < 1.29 is 32.5 Å². The summed E-state index contributed by atoms with van der Waals surface area (Å²) in [6, 6.07) is 7.93. The lowest BCUT2D eigenvalue weighted by atomic mass is 10.1. The molecule has 0 aliphatic carbocycles. The Morgan fingerprint density at radius 1 is 1.12 bits per heavy atom. The van der Waals surface area contributed by atoms with Crippen molar-refractivity contribution in [3.63, 3.8) is 0 Å². The number of hydrogen-bond donors (Lipinski definition) is 0. The van der Waals surface area contributed by atoms with E-state index in [0.717, 1.165) is 6.42 Å². The van der Waals surface area contributed by atoms with Gasteiger partial charge >= 0.3 is 6.61 Å². The number of alkyl halides is 2. The fourth-order valence-corrected chi connectivity index (χ4v) is 3.10. The first-order valence-corrected chi connectivity index (χ1v) is 10.2. The average molecular weight is 470 g/mol. The van der Waals surface area contributed by atoms with E-state index in [0.29, 0.717) is 34.3 Å². The van der Waals surface area contributed by atoms with Crippen LogP contribution in [0.2, 0.25) is 5.02 Å². The lowest BCUT2D eigenvalue weighted by molar-refractivity contribution is -0.125. The second kappa shape index (κ2) is 12.1. The lowest BCUT2D eigenvalue weighted by Crippen LogP contribution is -2.24. The number of benzene rings is 2. The summed E-state index contributed by atoms with van der Waals surface area (Å²) in [6.07, 6.45) is 3.86. The Morgan fingerprint density at radius 2 is 1.84 bits per heavy atom. The first kappa shape index (κ1) is 25.3. The molecule has 0 aromatic heterocycles. The molecule has 2 aromatic carbocycles. The van der Waals surface area contributed by atoms with Crippen LogP contribution in [0.25, 0.3) is 6.08 Å². The second-order valence-electron chi connectivity index (χ2n) is 6.77. The third-order valence-corrected chi connectivity index (χ3v) is 4.64. The van der Waals surface area contributed by atoms with Gasteiger partial charge in [0.15, 0.2) is 23.0 Å². The molecule has 0 radical (unpaired) electrons. The molecule has 0 N–H and O–H groups in total. The molecule has 0 aliphatic heterocycles. The van der Waals surface area contributed by atoms with Gasteiger partial charge in [-0.3, -0.25) is 4.79 Å². The van der Waals surface area contributed by atoms with Crippen LogP contribution in [0.1, 0.15) is 24.5 Å². The molecule has 0 saturated carbocycles. The first-order valence-electron chi connectivity index (χ1n) is 9.84.